The normalized spacial score (nSPS) is 21.0. The molecule has 4 rings (SSSR count). The summed E-state index contributed by atoms with van der Waals surface area (Å²) in [4.78, 5) is 44.7. The van der Waals surface area contributed by atoms with Crippen molar-refractivity contribution in [1.29, 1.82) is 0 Å². The molecule has 150 valence electrons. The van der Waals surface area contributed by atoms with E-state index in [0.717, 1.165) is 10.6 Å². The Balaban J connectivity index is 1.43. The molecule has 2 atom stereocenters. The number of carbonyl (C=O) groups excluding carboxylic acids is 3. The number of carbonyl (C=O) groups is 3. The molecule has 2 aromatic rings. The molecule has 1 saturated heterocycles. The Morgan fingerprint density at radius 1 is 1.28 bits per heavy atom. The van der Waals surface area contributed by atoms with Crippen LogP contribution in [0, 0.1) is 0 Å². The van der Waals surface area contributed by atoms with Crippen molar-refractivity contribution >= 4 is 41.0 Å². The van der Waals surface area contributed by atoms with Gasteiger partial charge in [0.05, 0.1) is 24.0 Å². The van der Waals surface area contributed by atoms with Crippen LogP contribution in [0.3, 0.4) is 0 Å². The first kappa shape index (κ1) is 19.3. The average molecular weight is 412 g/mol. The summed E-state index contributed by atoms with van der Waals surface area (Å²) in [6, 6.07) is 8.79. The second-order valence-electron chi connectivity index (χ2n) is 6.87. The summed E-state index contributed by atoms with van der Waals surface area (Å²) in [5.41, 5.74) is 2.04. The number of amides is 3. The molecular formula is C20H20N4O4S. The molecule has 0 aliphatic carbocycles. The molecule has 0 radical (unpaired) electrons. The quantitative estimate of drug-likeness (QED) is 0.829. The molecule has 1 aromatic heterocycles. The van der Waals surface area contributed by atoms with E-state index in [0.29, 0.717) is 17.8 Å². The van der Waals surface area contributed by atoms with Crippen molar-refractivity contribution in [3.05, 3.63) is 48.3 Å². The number of hydrogen-bond donors (Lipinski definition) is 1. The van der Waals surface area contributed by atoms with E-state index in [2.05, 4.69) is 10.3 Å². The Morgan fingerprint density at radius 2 is 2.03 bits per heavy atom. The maximum atomic E-state index is 12.4. The number of thioether (sulfide) groups is 1. The number of ether oxygens (including phenoxy) is 1. The number of rotatable bonds is 4. The highest BCUT2D eigenvalue weighted by Gasteiger charge is 2.34. The average Bonchev–Trinajstić information content (AvgIpc) is 3.11. The van der Waals surface area contributed by atoms with Crippen molar-refractivity contribution in [3.8, 4) is 0 Å². The summed E-state index contributed by atoms with van der Waals surface area (Å²) in [7, 11) is 1.75. The molecule has 3 amide bonds. The van der Waals surface area contributed by atoms with Crippen molar-refractivity contribution in [2.24, 2.45) is 0 Å². The first-order chi connectivity index (χ1) is 13.9. The van der Waals surface area contributed by atoms with Crippen molar-refractivity contribution in [1.82, 2.24) is 10.3 Å². The third kappa shape index (κ3) is 3.77. The topological polar surface area (TPSA) is 91.8 Å². The molecule has 9 heteroatoms. The number of nitrogens with zero attached hydrogens (tertiary/aromatic N) is 3. The summed E-state index contributed by atoms with van der Waals surface area (Å²) >= 11 is 1.48. The molecule has 0 bridgehead atoms. The minimum Gasteiger partial charge on any atom is -0.442 e. The zero-order valence-corrected chi connectivity index (χ0v) is 16.8. The lowest BCUT2D eigenvalue weighted by atomic mass is 10.2. The standard InChI is InChI=1S/C20H20N4O4S/c1-12-19(26)23(2)16-4-3-14(9-17(16)29-12)24-11-15(28-20(24)27)10-22-18(25)13-5-7-21-8-6-13/h3-9,12,15H,10-11H2,1-2H3,(H,22,25). The molecule has 2 aliphatic rings. The van der Waals surface area contributed by atoms with E-state index in [1.807, 2.05) is 19.1 Å². The first-order valence-electron chi connectivity index (χ1n) is 9.18. The van der Waals surface area contributed by atoms with Gasteiger partial charge in [-0.05, 0) is 37.3 Å². The number of nitrogens with one attached hydrogen (secondary N) is 1. The monoisotopic (exact) mass is 412 g/mol. The number of cyclic esters (lactones) is 1. The third-order valence-electron chi connectivity index (χ3n) is 4.91. The molecule has 2 aliphatic heterocycles. The summed E-state index contributed by atoms with van der Waals surface area (Å²) in [6.07, 6.45) is 2.20. The predicted molar refractivity (Wildman–Crippen MR) is 109 cm³/mol. The van der Waals surface area contributed by atoms with Gasteiger partial charge < -0.3 is 15.0 Å². The number of aromatic nitrogens is 1. The molecule has 0 spiro atoms. The molecule has 29 heavy (non-hydrogen) atoms. The summed E-state index contributed by atoms with van der Waals surface area (Å²) < 4.78 is 5.41. The lowest BCUT2D eigenvalue weighted by Gasteiger charge is -2.30. The maximum Gasteiger partial charge on any atom is 0.414 e. The molecular weight excluding hydrogens is 392 g/mol. The molecule has 0 saturated carbocycles. The fourth-order valence-electron chi connectivity index (χ4n) is 3.33. The Hall–Kier alpha value is -3.07. The van der Waals surface area contributed by atoms with Crippen LogP contribution in [-0.2, 0) is 9.53 Å². The smallest absolute Gasteiger partial charge is 0.414 e. The SMILES string of the molecule is CC1Sc2cc(N3CC(CNC(=O)c4ccncc4)OC3=O)ccc2N(C)C1=O. The second-order valence-corrected chi connectivity index (χ2v) is 8.25. The van der Waals surface area contributed by atoms with Crippen LogP contribution >= 0.6 is 11.8 Å². The molecule has 1 N–H and O–H groups in total. The van der Waals surface area contributed by atoms with E-state index in [1.54, 1.807) is 47.4 Å². The van der Waals surface area contributed by atoms with Crippen LogP contribution in [-0.4, -0.2) is 54.4 Å². The Bertz CT molecular complexity index is 968. The Morgan fingerprint density at radius 3 is 2.79 bits per heavy atom. The largest absolute Gasteiger partial charge is 0.442 e. The number of hydrogen-bond acceptors (Lipinski definition) is 6. The van der Waals surface area contributed by atoms with Crippen LogP contribution in [0.1, 0.15) is 17.3 Å². The zero-order valence-electron chi connectivity index (χ0n) is 16.0. The summed E-state index contributed by atoms with van der Waals surface area (Å²) in [5.74, 6) is -0.186. The van der Waals surface area contributed by atoms with E-state index in [-0.39, 0.29) is 23.6 Å². The second kappa shape index (κ2) is 7.75. The highest BCUT2D eigenvalue weighted by Crippen LogP contribution is 2.41. The summed E-state index contributed by atoms with van der Waals surface area (Å²) in [5, 5.41) is 2.60. The van der Waals surface area contributed by atoms with Crippen LogP contribution < -0.4 is 15.1 Å². The lowest BCUT2D eigenvalue weighted by Crippen LogP contribution is -2.36. The zero-order chi connectivity index (χ0) is 20.5. The van der Waals surface area contributed by atoms with Gasteiger partial charge in [0, 0.05) is 35.6 Å². The van der Waals surface area contributed by atoms with E-state index >= 15 is 0 Å². The van der Waals surface area contributed by atoms with E-state index in [1.165, 1.54) is 11.8 Å². The third-order valence-corrected chi connectivity index (χ3v) is 6.04. The highest BCUT2D eigenvalue weighted by molar-refractivity contribution is 8.01. The molecule has 1 aromatic carbocycles. The number of anilines is 2. The van der Waals surface area contributed by atoms with Crippen molar-refractivity contribution in [2.45, 2.75) is 23.2 Å². The van der Waals surface area contributed by atoms with Crippen LogP contribution in [0.4, 0.5) is 16.2 Å². The first-order valence-corrected chi connectivity index (χ1v) is 10.1. The van der Waals surface area contributed by atoms with Gasteiger partial charge in [-0.25, -0.2) is 4.79 Å². The molecule has 8 nitrogen and oxygen atoms in total. The summed E-state index contributed by atoms with van der Waals surface area (Å²) in [6.45, 7) is 2.42. The van der Waals surface area contributed by atoms with E-state index < -0.39 is 12.2 Å². The number of benzene rings is 1. The Labute approximate surface area is 172 Å². The van der Waals surface area contributed by atoms with Gasteiger partial charge in [-0.1, -0.05) is 0 Å². The van der Waals surface area contributed by atoms with Gasteiger partial charge in [0.25, 0.3) is 5.91 Å². The van der Waals surface area contributed by atoms with Crippen molar-refractivity contribution in [2.75, 3.05) is 29.9 Å². The van der Waals surface area contributed by atoms with Gasteiger partial charge in [-0.3, -0.25) is 19.5 Å². The van der Waals surface area contributed by atoms with Gasteiger partial charge in [-0.2, -0.15) is 0 Å². The van der Waals surface area contributed by atoms with Gasteiger partial charge >= 0.3 is 6.09 Å². The van der Waals surface area contributed by atoms with Crippen LogP contribution in [0.5, 0.6) is 0 Å². The molecule has 1 fully saturated rings. The van der Waals surface area contributed by atoms with E-state index in [4.69, 9.17) is 4.74 Å². The number of fused-ring (bicyclic) bond motifs is 1. The minimum absolute atomic E-state index is 0.0563. The highest BCUT2D eigenvalue weighted by atomic mass is 32.2. The maximum absolute atomic E-state index is 12.4. The lowest BCUT2D eigenvalue weighted by molar-refractivity contribution is -0.117. The van der Waals surface area contributed by atoms with Crippen molar-refractivity contribution < 1.29 is 19.1 Å². The van der Waals surface area contributed by atoms with Gasteiger partial charge in [-0.15, -0.1) is 11.8 Å². The molecule has 3 heterocycles. The van der Waals surface area contributed by atoms with Crippen molar-refractivity contribution in [3.63, 3.8) is 0 Å². The predicted octanol–water partition coefficient (Wildman–Crippen LogP) is 2.29. The van der Waals surface area contributed by atoms with Gasteiger partial charge in [0.15, 0.2) is 0 Å². The van der Waals surface area contributed by atoms with Gasteiger partial charge in [0.1, 0.15) is 6.10 Å². The van der Waals surface area contributed by atoms with Crippen LogP contribution in [0.25, 0.3) is 0 Å². The van der Waals surface area contributed by atoms with Crippen LogP contribution in [0.2, 0.25) is 0 Å². The van der Waals surface area contributed by atoms with Gasteiger partial charge in [0.2, 0.25) is 5.91 Å². The van der Waals surface area contributed by atoms with E-state index in [9.17, 15) is 14.4 Å². The molecule has 2 unspecified atom stereocenters. The minimum atomic E-state index is -0.452. The van der Waals surface area contributed by atoms with Crippen LogP contribution in [0.15, 0.2) is 47.6 Å². The Kier molecular flexibility index (Phi) is 5.14. The fraction of sp³-hybridized carbons (Fsp3) is 0.300. The number of pyridine rings is 1. The fourth-order valence-corrected chi connectivity index (χ4v) is 4.48.